The molecule has 0 bridgehead atoms. The van der Waals surface area contributed by atoms with Gasteiger partial charge in [-0.05, 0) is 51.8 Å². The summed E-state index contributed by atoms with van der Waals surface area (Å²) in [5, 5.41) is 0. The molecule has 0 heteroatoms. The zero-order chi connectivity index (χ0) is 19.9. The zero-order valence-corrected chi connectivity index (χ0v) is 18.5. The Labute approximate surface area is 167 Å². The lowest BCUT2D eigenvalue weighted by Crippen LogP contribution is -2.33. The number of benzene rings is 2. The van der Waals surface area contributed by atoms with Crippen molar-refractivity contribution in [1.82, 2.24) is 0 Å². The van der Waals surface area contributed by atoms with Gasteiger partial charge in [0.15, 0.2) is 0 Å². The Balaban J connectivity index is 2.05. The molecule has 0 spiro atoms. The molecular formula is C27H38. The maximum absolute atomic E-state index is 2.43. The normalized spacial score (nSPS) is 20.5. The van der Waals surface area contributed by atoms with Gasteiger partial charge < -0.3 is 0 Å². The van der Waals surface area contributed by atoms with Crippen LogP contribution < -0.4 is 0 Å². The molecule has 0 aliphatic heterocycles. The largest absolute Gasteiger partial charge is 0.0625 e. The quantitative estimate of drug-likeness (QED) is 0.511. The summed E-state index contributed by atoms with van der Waals surface area (Å²) in [6, 6.07) is 19.1. The summed E-state index contributed by atoms with van der Waals surface area (Å²) in [6.07, 6.45) is 5.21. The third-order valence-corrected chi connectivity index (χ3v) is 6.60. The monoisotopic (exact) mass is 362 g/mol. The van der Waals surface area contributed by atoms with Gasteiger partial charge in [-0.15, -0.1) is 0 Å². The third kappa shape index (κ3) is 4.15. The molecule has 0 saturated heterocycles. The minimum absolute atomic E-state index is 0.171. The van der Waals surface area contributed by atoms with Crippen LogP contribution in [0.2, 0.25) is 0 Å². The third-order valence-electron chi connectivity index (χ3n) is 6.60. The minimum atomic E-state index is 0.171. The second-order valence-corrected chi connectivity index (χ2v) is 10.9. The molecule has 27 heavy (non-hydrogen) atoms. The van der Waals surface area contributed by atoms with Crippen molar-refractivity contribution in [1.29, 1.82) is 0 Å². The van der Waals surface area contributed by atoms with E-state index >= 15 is 0 Å². The standard InChI is InChI=1S/C27H38/c1-20-9-8-18-27(19-20,23-14-10-21(11-15-23)25(2,3)4)24-16-12-22(13-17-24)26(5,6)7/h10-17,20H,8-9,18-19H2,1-7H3. The fourth-order valence-electron chi connectivity index (χ4n) is 4.82. The van der Waals surface area contributed by atoms with E-state index in [1.165, 1.54) is 47.9 Å². The summed E-state index contributed by atoms with van der Waals surface area (Å²) in [5.41, 5.74) is 6.45. The molecule has 146 valence electrons. The van der Waals surface area contributed by atoms with Gasteiger partial charge in [0.05, 0.1) is 0 Å². The number of rotatable bonds is 2. The van der Waals surface area contributed by atoms with Gasteiger partial charge in [-0.2, -0.15) is 0 Å². The molecule has 1 unspecified atom stereocenters. The molecule has 0 nitrogen and oxygen atoms in total. The smallest absolute Gasteiger partial charge is 0.0205 e. The highest BCUT2D eigenvalue weighted by Crippen LogP contribution is 2.47. The predicted molar refractivity (Wildman–Crippen MR) is 119 cm³/mol. The molecule has 0 radical (unpaired) electrons. The predicted octanol–water partition coefficient (Wildman–Crippen LogP) is 7.78. The first kappa shape index (κ1) is 20.2. The van der Waals surface area contributed by atoms with Gasteiger partial charge in [-0.3, -0.25) is 0 Å². The molecule has 2 aromatic rings. The van der Waals surface area contributed by atoms with E-state index in [4.69, 9.17) is 0 Å². The van der Waals surface area contributed by atoms with Crippen molar-refractivity contribution in [2.45, 2.75) is 90.4 Å². The first-order chi connectivity index (χ1) is 12.5. The van der Waals surface area contributed by atoms with Gasteiger partial charge >= 0.3 is 0 Å². The number of hydrogen-bond acceptors (Lipinski definition) is 0. The Morgan fingerprint density at radius 3 is 1.44 bits per heavy atom. The Hall–Kier alpha value is -1.56. The topological polar surface area (TPSA) is 0 Å². The highest BCUT2D eigenvalue weighted by atomic mass is 14.4. The van der Waals surface area contributed by atoms with Gasteiger partial charge in [-0.25, -0.2) is 0 Å². The van der Waals surface area contributed by atoms with E-state index in [1.54, 1.807) is 0 Å². The molecule has 3 rings (SSSR count). The molecule has 1 atom stereocenters. The van der Waals surface area contributed by atoms with Crippen LogP contribution in [0.1, 0.15) is 96.4 Å². The van der Waals surface area contributed by atoms with Crippen LogP contribution in [0.4, 0.5) is 0 Å². The summed E-state index contributed by atoms with van der Waals surface area (Å²) in [7, 11) is 0. The van der Waals surface area contributed by atoms with Crippen LogP contribution in [0.5, 0.6) is 0 Å². The maximum Gasteiger partial charge on any atom is 0.0205 e. The molecule has 0 amide bonds. The number of hydrogen-bond donors (Lipinski definition) is 0. The zero-order valence-electron chi connectivity index (χ0n) is 18.5. The first-order valence-corrected chi connectivity index (χ1v) is 10.7. The summed E-state index contributed by atoms with van der Waals surface area (Å²) >= 11 is 0. The summed E-state index contributed by atoms with van der Waals surface area (Å²) in [4.78, 5) is 0. The fraction of sp³-hybridized carbons (Fsp3) is 0.556. The highest BCUT2D eigenvalue weighted by molar-refractivity contribution is 5.43. The highest BCUT2D eigenvalue weighted by Gasteiger charge is 2.38. The van der Waals surface area contributed by atoms with Crippen LogP contribution in [0.25, 0.3) is 0 Å². The van der Waals surface area contributed by atoms with Gasteiger partial charge in [-0.1, -0.05) is 110 Å². The van der Waals surface area contributed by atoms with Gasteiger partial charge in [0, 0.05) is 5.41 Å². The lowest BCUT2D eigenvalue weighted by molar-refractivity contribution is 0.272. The summed E-state index contributed by atoms with van der Waals surface area (Å²) in [6.45, 7) is 16.2. The van der Waals surface area contributed by atoms with Crippen LogP contribution in [0.3, 0.4) is 0 Å². The summed E-state index contributed by atoms with van der Waals surface area (Å²) in [5.74, 6) is 0.781. The van der Waals surface area contributed by atoms with Crippen molar-refractivity contribution in [3.8, 4) is 0 Å². The van der Waals surface area contributed by atoms with Crippen LogP contribution in [-0.4, -0.2) is 0 Å². The fourth-order valence-corrected chi connectivity index (χ4v) is 4.82. The van der Waals surface area contributed by atoms with E-state index in [9.17, 15) is 0 Å². The molecule has 1 aliphatic carbocycles. The van der Waals surface area contributed by atoms with Crippen LogP contribution in [0.15, 0.2) is 48.5 Å². The Bertz CT molecular complexity index is 690. The van der Waals surface area contributed by atoms with Crippen LogP contribution in [-0.2, 0) is 16.2 Å². The van der Waals surface area contributed by atoms with E-state index in [0.29, 0.717) is 0 Å². The first-order valence-electron chi connectivity index (χ1n) is 10.7. The van der Waals surface area contributed by atoms with Gasteiger partial charge in [0.1, 0.15) is 0 Å². The van der Waals surface area contributed by atoms with Crippen molar-refractivity contribution in [2.24, 2.45) is 5.92 Å². The van der Waals surface area contributed by atoms with Crippen LogP contribution in [0, 0.1) is 5.92 Å². The van der Waals surface area contributed by atoms with Crippen molar-refractivity contribution < 1.29 is 0 Å². The molecule has 0 heterocycles. The van der Waals surface area contributed by atoms with Crippen molar-refractivity contribution in [3.63, 3.8) is 0 Å². The van der Waals surface area contributed by atoms with Crippen molar-refractivity contribution in [3.05, 3.63) is 70.8 Å². The lowest BCUT2D eigenvalue weighted by Gasteiger charge is -2.42. The Morgan fingerprint density at radius 1 is 0.704 bits per heavy atom. The Kier molecular flexibility index (Phi) is 5.32. The molecule has 0 aromatic heterocycles. The summed E-state index contributed by atoms with van der Waals surface area (Å²) < 4.78 is 0. The maximum atomic E-state index is 2.43. The molecule has 1 aliphatic rings. The SMILES string of the molecule is CC1CCCC(c2ccc(C(C)(C)C)cc2)(c2ccc(C(C)(C)C)cc2)C1. The second kappa shape index (κ2) is 7.12. The second-order valence-electron chi connectivity index (χ2n) is 10.9. The van der Waals surface area contributed by atoms with Crippen LogP contribution >= 0.6 is 0 Å². The molecular weight excluding hydrogens is 324 g/mol. The van der Waals surface area contributed by atoms with E-state index in [2.05, 4.69) is 97.0 Å². The molecule has 0 N–H and O–H groups in total. The van der Waals surface area contributed by atoms with Crippen molar-refractivity contribution in [2.75, 3.05) is 0 Å². The van der Waals surface area contributed by atoms with E-state index in [0.717, 1.165) is 5.92 Å². The lowest BCUT2D eigenvalue weighted by atomic mass is 9.62. The Morgan fingerprint density at radius 2 is 1.11 bits per heavy atom. The van der Waals surface area contributed by atoms with Crippen molar-refractivity contribution >= 4 is 0 Å². The average molecular weight is 363 g/mol. The molecule has 1 saturated carbocycles. The molecule has 1 fully saturated rings. The van der Waals surface area contributed by atoms with E-state index in [-0.39, 0.29) is 16.2 Å². The average Bonchev–Trinajstić information content (AvgIpc) is 2.60. The van der Waals surface area contributed by atoms with E-state index in [1.807, 2.05) is 0 Å². The van der Waals surface area contributed by atoms with E-state index < -0.39 is 0 Å². The van der Waals surface area contributed by atoms with Gasteiger partial charge in [0.25, 0.3) is 0 Å². The minimum Gasteiger partial charge on any atom is -0.0625 e. The molecule has 2 aromatic carbocycles. The van der Waals surface area contributed by atoms with Gasteiger partial charge in [0.2, 0.25) is 0 Å².